The van der Waals surface area contributed by atoms with Crippen LogP contribution >= 0.6 is 0 Å². The summed E-state index contributed by atoms with van der Waals surface area (Å²) in [6.07, 6.45) is 0. The predicted octanol–water partition coefficient (Wildman–Crippen LogP) is 3.77. The van der Waals surface area contributed by atoms with Crippen LogP contribution in [-0.2, 0) is 7.05 Å². The molecule has 1 aromatic heterocycles. The molecule has 3 rings (SSSR count). The quantitative estimate of drug-likeness (QED) is 0.735. The van der Waals surface area contributed by atoms with Gasteiger partial charge in [-0.05, 0) is 30.3 Å². The molecule has 0 aliphatic heterocycles. The summed E-state index contributed by atoms with van der Waals surface area (Å²) in [5.41, 5.74) is 3.86. The van der Waals surface area contributed by atoms with E-state index in [1.807, 2.05) is 60.3 Å². The van der Waals surface area contributed by atoms with Crippen LogP contribution in [0.1, 0.15) is 0 Å². The van der Waals surface area contributed by atoms with Gasteiger partial charge in [0, 0.05) is 18.2 Å². The summed E-state index contributed by atoms with van der Waals surface area (Å²) in [4.78, 5) is 0. The number of rotatable bonds is 4. The van der Waals surface area contributed by atoms with Crippen LogP contribution in [0.4, 0.5) is 0 Å². The monoisotopic (exact) mass is 294 g/mol. The highest BCUT2D eigenvalue weighted by molar-refractivity contribution is 5.75. The van der Waals surface area contributed by atoms with Crippen molar-refractivity contribution in [3.8, 4) is 34.0 Å². The molecule has 1 heterocycles. The first kappa shape index (κ1) is 14.2. The first-order valence-corrected chi connectivity index (χ1v) is 7.05. The van der Waals surface area contributed by atoms with Gasteiger partial charge in [-0.25, -0.2) is 0 Å². The lowest BCUT2D eigenvalue weighted by molar-refractivity contribution is 0.416. The molecule has 2 aromatic carbocycles. The van der Waals surface area contributed by atoms with Crippen molar-refractivity contribution in [1.82, 2.24) is 9.78 Å². The Kier molecular flexibility index (Phi) is 3.83. The van der Waals surface area contributed by atoms with Crippen LogP contribution in [0.25, 0.3) is 22.5 Å². The molecule has 0 amide bonds. The molecule has 0 unspecified atom stereocenters. The summed E-state index contributed by atoms with van der Waals surface area (Å²) >= 11 is 0. The van der Waals surface area contributed by atoms with Gasteiger partial charge in [-0.2, -0.15) is 5.10 Å². The Morgan fingerprint density at radius 3 is 2.00 bits per heavy atom. The van der Waals surface area contributed by atoms with E-state index in [9.17, 15) is 0 Å². The van der Waals surface area contributed by atoms with Crippen LogP contribution in [0, 0.1) is 0 Å². The Labute approximate surface area is 129 Å². The second-order valence-corrected chi connectivity index (χ2v) is 4.94. The maximum Gasteiger partial charge on any atom is 0.128 e. The van der Waals surface area contributed by atoms with E-state index in [4.69, 9.17) is 9.47 Å². The van der Waals surface area contributed by atoms with Crippen molar-refractivity contribution in [3.63, 3.8) is 0 Å². The maximum absolute atomic E-state index is 5.45. The highest BCUT2D eigenvalue weighted by atomic mass is 16.5. The standard InChI is InChI=1S/C18H18N2O2/c1-20-16(14-9-5-7-11-18(14)22-3)12-15(19-20)13-8-4-6-10-17(13)21-2/h4-12H,1-3H3. The molecule has 0 radical (unpaired) electrons. The summed E-state index contributed by atoms with van der Waals surface area (Å²) in [7, 11) is 5.28. The van der Waals surface area contributed by atoms with E-state index in [2.05, 4.69) is 11.2 Å². The van der Waals surface area contributed by atoms with Gasteiger partial charge in [-0.3, -0.25) is 4.68 Å². The zero-order chi connectivity index (χ0) is 15.5. The second-order valence-electron chi connectivity index (χ2n) is 4.94. The number of aryl methyl sites for hydroxylation is 1. The molecule has 0 atom stereocenters. The van der Waals surface area contributed by atoms with Gasteiger partial charge in [0.1, 0.15) is 11.5 Å². The average molecular weight is 294 g/mol. The zero-order valence-corrected chi connectivity index (χ0v) is 12.9. The Morgan fingerprint density at radius 1 is 0.818 bits per heavy atom. The largest absolute Gasteiger partial charge is 0.496 e. The summed E-state index contributed by atoms with van der Waals surface area (Å²) in [5, 5.41) is 4.62. The minimum absolute atomic E-state index is 0.812. The van der Waals surface area contributed by atoms with Crippen LogP contribution in [0.3, 0.4) is 0 Å². The summed E-state index contributed by atoms with van der Waals surface area (Å²) < 4.78 is 12.7. The van der Waals surface area contributed by atoms with E-state index in [1.54, 1.807) is 14.2 Å². The topological polar surface area (TPSA) is 36.3 Å². The first-order chi connectivity index (χ1) is 10.7. The van der Waals surface area contributed by atoms with E-state index < -0.39 is 0 Å². The minimum Gasteiger partial charge on any atom is -0.496 e. The van der Waals surface area contributed by atoms with Crippen molar-refractivity contribution in [2.24, 2.45) is 7.05 Å². The molecule has 4 heteroatoms. The van der Waals surface area contributed by atoms with E-state index in [0.29, 0.717) is 0 Å². The first-order valence-electron chi connectivity index (χ1n) is 7.05. The Hall–Kier alpha value is -2.75. The van der Waals surface area contributed by atoms with Gasteiger partial charge >= 0.3 is 0 Å². The molecule has 0 fully saturated rings. The van der Waals surface area contributed by atoms with E-state index >= 15 is 0 Å². The van der Waals surface area contributed by atoms with Gasteiger partial charge in [0.15, 0.2) is 0 Å². The number of hydrogen-bond donors (Lipinski definition) is 0. The fraction of sp³-hybridized carbons (Fsp3) is 0.167. The minimum atomic E-state index is 0.812. The molecule has 0 aliphatic rings. The Bertz CT molecular complexity index is 793. The van der Waals surface area contributed by atoms with Crippen LogP contribution < -0.4 is 9.47 Å². The number of nitrogens with zero attached hydrogens (tertiary/aromatic N) is 2. The third kappa shape index (κ3) is 2.44. The second kappa shape index (κ2) is 5.93. The number of ether oxygens (including phenoxy) is 2. The van der Waals surface area contributed by atoms with Crippen molar-refractivity contribution in [1.29, 1.82) is 0 Å². The van der Waals surface area contributed by atoms with Crippen molar-refractivity contribution >= 4 is 0 Å². The zero-order valence-electron chi connectivity index (χ0n) is 12.9. The van der Waals surface area contributed by atoms with Gasteiger partial charge in [0.25, 0.3) is 0 Å². The van der Waals surface area contributed by atoms with E-state index in [1.165, 1.54) is 0 Å². The molecule has 0 aliphatic carbocycles. The molecule has 0 saturated heterocycles. The normalized spacial score (nSPS) is 10.5. The van der Waals surface area contributed by atoms with Crippen molar-refractivity contribution in [3.05, 3.63) is 54.6 Å². The third-order valence-electron chi connectivity index (χ3n) is 3.65. The summed E-state index contributed by atoms with van der Waals surface area (Å²) in [6.45, 7) is 0. The molecule has 3 aromatic rings. The predicted molar refractivity (Wildman–Crippen MR) is 87.2 cm³/mol. The van der Waals surface area contributed by atoms with Crippen molar-refractivity contribution in [2.75, 3.05) is 14.2 Å². The number of hydrogen-bond acceptors (Lipinski definition) is 3. The van der Waals surface area contributed by atoms with Crippen LogP contribution in [-0.4, -0.2) is 24.0 Å². The van der Waals surface area contributed by atoms with Gasteiger partial charge < -0.3 is 9.47 Å². The molecule has 0 bridgehead atoms. The number of benzene rings is 2. The molecule has 22 heavy (non-hydrogen) atoms. The number of methoxy groups -OCH3 is 2. The molecule has 112 valence electrons. The van der Waals surface area contributed by atoms with Crippen molar-refractivity contribution in [2.45, 2.75) is 0 Å². The van der Waals surface area contributed by atoms with Gasteiger partial charge in [0.05, 0.1) is 25.6 Å². The fourth-order valence-corrected chi connectivity index (χ4v) is 2.56. The van der Waals surface area contributed by atoms with Crippen LogP contribution in [0.5, 0.6) is 11.5 Å². The lowest BCUT2D eigenvalue weighted by atomic mass is 10.1. The molecule has 4 nitrogen and oxygen atoms in total. The maximum atomic E-state index is 5.45. The Balaban J connectivity index is 2.12. The highest BCUT2D eigenvalue weighted by Crippen LogP contribution is 2.34. The lowest BCUT2D eigenvalue weighted by Gasteiger charge is -2.07. The molecular formula is C18H18N2O2. The van der Waals surface area contributed by atoms with Crippen molar-refractivity contribution < 1.29 is 9.47 Å². The molecule has 0 N–H and O–H groups in total. The van der Waals surface area contributed by atoms with Crippen LogP contribution in [0.15, 0.2) is 54.6 Å². The molecule has 0 saturated carbocycles. The fourth-order valence-electron chi connectivity index (χ4n) is 2.56. The van der Waals surface area contributed by atoms with Crippen LogP contribution in [0.2, 0.25) is 0 Å². The summed E-state index contributed by atoms with van der Waals surface area (Å²) in [6, 6.07) is 17.9. The summed E-state index contributed by atoms with van der Waals surface area (Å²) in [5.74, 6) is 1.64. The SMILES string of the molecule is COc1ccccc1-c1cc(-c2ccccc2OC)n(C)n1. The number of para-hydroxylation sites is 2. The molecule has 0 spiro atoms. The highest BCUT2D eigenvalue weighted by Gasteiger charge is 2.14. The van der Waals surface area contributed by atoms with E-state index in [-0.39, 0.29) is 0 Å². The number of aromatic nitrogens is 2. The lowest BCUT2D eigenvalue weighted by Crippen LogP contribution is -1.96. The Morgan fingerprint density at radius 2 is 1.36 bits per heavy atom. The van der Waals surface area contributed by atoms with Gasteiger partial charge in [-0.15, -0.1) is 0 Å². The average Bonchev–Trinajstić information content (AvgIpc) is 2.96. The smallest absolute Gasteiger partial charge is 0.128 e. The third-order valence-corrected chi connectivity index (χ3v) is 3.65. The van der Waals surface area contributed by atoms with Gasteiger partial charge in [-0.1, -0.05) is 24.3 Å². The van der Waals surface area contributed by atoms with Gasteiger partial charge in [0.2, 0.25) is 0 Å². The van der Waals surface area contributed by atoms with E-state index in [0.717, 1.165) is 34.0 Å². The molecular weight excluding hydrogens is 276 g/mol.